The third kappa shape index (κ3) is 1.19. The Hall–Kier alpha value is -1.39. The van der Waals surface area contributed by atoms with Gasteiger partial charge in [0, 0.05) is 11.0 Å². The van der Waals surface area contributed by atoms with Crippen LogP contribution in [0.4, 0.5) is 0 Å². The van der Waals surface area contributed by atoms with Crippen molar-refractivity contribution in [2.45, 2.75) is 11.8 Å². The number of hydrogen-bond donors (Lipinski definition) is 0. The molecule has 3 heterocycles. The lowest BCUT2D eigenvalue weighted by atomic mass is 9.69. The van der Waals surface area contributed by atoms with Crippen LogP contribution in [0.1, 0.15) is 12.0 Å². The summed E-state index contributed by atoms with van der Waals surface area (Å²) in [5, 5.41) is 4.28. The summed E-state index contributed by atoms with van der Waals surface area (Å²) in [4.78, 5) is 11.6. The van der Waals surface area contributed by atoms with Gasteiger partial charge in [0.15, 0.2) is 0 Å². The standard InChI is InChI=1S/C14H12O3S/c15-13-10-1-3-14(9-2-4-18-7-9)8-16-6-12(14)11(10)5-17-13/h1-2,4,7H,3,5-6,8H2/t14-/m0/s1. The summed E-state index contributed by atoms with van der Waals surface area (Å²) in [7, 11) is 0. The van der Waals surface area contributed by atoms with E-state index in [0.29, 0.717) is 19.8 Å². The number of allylic oxidation sites excluding steroid dienone is 1. The molecule has 2 saturated heterocycles. The number of fused-ring (bicyclic) bond motifs is 2. The van der Waals surface area contributed by atoms with E-state index in [2.05, 4.69) is 16.8 Å². The maximum absolute atomic E-state index is 11.6. The zero-order chi connectivity index (χ0) is 12.2. The second kappa shape index (κ2) is 3.56. The van der Waals surface area contributed by atoms with Crippen molar-refractivity contribution >= 4 is 17.3 Å². The van der Waals surface area contributed by atoms with E-state index in [0.717, 1.165) is 17.6 Å². The van der Waals surface area contributed by atoms with Gasteiger partial charge in [-0.15, -0.1) is 0 Å². The highest BCUT2D eigenvalue weighted by Gasteiger charge is 2.47. The molecular weight excluding hydrogens is 248 g/mol. The maximum Gasteiger partial charge on any atom is 0.338 e. The molecule has 4 heteroatoms. The minimum absolute atomic E-state index is 0.0488. The molecule has 0 bridgehead atoms. The molecule has 18 heavy (non-hydrogen) atoms. The average molecular weight is 260 g/mol. The van der Waals surface area contributed by atoms with Gasteiger partial charge >= 0.3 is 5.97 Å². The lowest BCUT2D eigenvalue weighted by Gasteiger charge is -2.31. The van der Waals surface area contributed by atoms with Crippen LogP contribution in [0.15, 0.2) is 39.6 Å². The second-order valence-electron chi connectivity index (χ2n) is 4.94. The molecule has 3 aliphatic rings. The minimum Gasteiger partial charge on any atom is -0.457 e. The maximum atomic E-state index is 11.6. The first-order chi connectivity index (χ1) is 8.81. The number of hydrogen-bond acceptors (Lipinski definition) is 4. The molecule has 0 aromatic carbocycles. The molecule has 0 amide bonds. The van der Waals surface area contributed by atoms with Gasteiger partial charge in [-0.1, -0.05) is 6.08 Å². The fourth-order valence-corrected chi connectivity index (χ4v) is 3.93. The number of thiophene rings is 1. The van der Waals surface area contributed by atoms with Crippen LogP contribution < -0.4 is 0 Å². The van der Waals surface area contributed by atoms with Gasteiger partial charge in [0.05, 0.1) is 18.8 Å². The summed E-state index contributed by atoms with van der Waals surface area (Å²) < 4.78 is 10.9. The first-order valence-corrected chi connectivity index (χ1v) is 6.96. The van der Waals surface area contributed by atoms with E-state index in [4.69, 9.17) is 9.47 Å². The number of esters is 1. The molecule has 92 valence electrons. The minimum atomic E-state index is -0.177. The topological polar surface area (TPSA) is 35.5 Å². The zero-order valence-electron chi connectivity index (χ0n) is 9.77. The molecule has 1 aliphatic carbocycles. The molecule has 1 atom stereocenters. The molecule has 0 spiro atoms. The molecule has 0 N–H and O–H groups in total. The summed E-state index contributed by atoms with van der Waals surface area (Å²) in [5.74, 6) is -0.177. The van der Waals surface area contributed by atoms with E-state index in [1.165, 1.54) is 11.1 Å². The molecule has 0 radical (unpaired) electrons. The van der Waals surface area contributed by atoms with E-state index in [1.807, 2.05) is 6.08 Å². The normalized spacial score (nSPS) is 30.0. The SMILES string of the molecule is O=C1OCC2=C3COC[C@]3(c3ccsc3)CC=C12. The van der Waals surface area contributed by atoms with Crippen molar-refractivity contribution in [3.8, 4) is 0 Å². The van der Waals surface area contributed by atoms with Crippen LogP contribution in [0.5, 0.6) is 0 Å². The van der Waals surface area contributed by atoms with Crippen LogP contribution in [0.25, 0.3) is 0 Å². The molecular formula is C14H12O3S. The van der Waals surface area contributed by atoms with E-state index < -0.39 is 0 Å². The van der Waals surface area contributed by atoms with E-state index in [-0.39, 0.29) is 11.4 Å². The Bertz CT molecular complexity index is 582. The summed E-state index contributed by atoms with van der Waals surface area (Å²) in [5.41, 5.74) is 4.34. The lowest BCUT2D eigenvalue weighted by Crippen LogP contribution is -2.31. The van der Waals surface area contributed by atoms with E-state index in [1.54, 1.807) is 11.3 Å². The number of carbonyl (C=O) groups is 1. The molecule has 2 aliphatic heterocycles. The van der Waals surface area contributed by atoms with Crippen LogP contribution in [-0.2, 0) is 19.7 Å². The van der Waals surface area contributed by atoms with Crippen molar-refractivity contribution in [1.29, 1.82) is 0 Å². The van der Waals surface area contributed by atoms with Crippen LogP contribution in [0.3, 0.4) is 0 Å². The molecule has 4 rings (SSSR count). The number of cyclic esters (lactones) is 1. The van der Waals surface area contributed by atoms with Crippen molar-refractivity contribution in [2.24, 2.45) is 0 Å². The molecule has 3 nitrogen and oxygen atoms in total. The Labute approximate surface area is 109 Å². The smallest absolute Gasteiger partial charge is 0.338 e. The Morgan fingerprint density at radius 3 is 3.11 bits per heavy atom. The van der Waals surface area contributed by atoms with Crippen molar-refractivity contribution in [3.05, 3.63) is 45.2 Å². The first-order valence-electron chi connectivity index (χ1n) is 6.02. The van der Waals surface area contributed by atoms with E-state index in [9.17, 15) is 4.79 Å². The fourth-order valence-electron chi connectivity index (χ4n) is 3.17. The predicted molar refractivity (Wildman–Crippen MR) is 67.5 cm³/mol. The zero-order valence-corrected chi connectivity index (χ0v) is 10.6. The monoisotopic (exact) mass is 260 g/mol. The largest absolute Gasteiger partial charge is 0.457 e. The summed E-state index contributed by atoms with van der Waals surface area (Å²) >= 11 is 1.71. The van der Waals surface area contributed by atoms with Crippen molar-refractivity contribution in [1.82, 2.24) is 0 Å². The first kappa shape index (κ1) is 10.5. The van der Waals surface area contributed by atoms with Crippen molar-refractivity contribution < 1.29 is 14.3 Å². The predicted octanol–water partition coefficient (Wildman–Crippen LogP) is 2.20. The summed E-state index contributed by atoms with van der Waals surface area (Å²) in [6.45, 7) is 1.74. The van der Waals surface area contributed by atoms with Gasteiger partial charge in [-0.25, -0.2) is 4.79 Å². The van der Waals surface area contributed by atoms with Crippen molar-refractivity contribution in [2.75, 3.05) is 19.8 Å². The fraction of sp³-hybridized carbons (Fsp3) is 0.357. The molecule has 1 aromatic heterocycles. The van der Waals surface area contributed by atoms with Crippen LogP contribution in [-0.4, -0.2) is 25.8 Å². The van der Waals surface area contributed by atoms with Gasteiger partial charge in [0.25, 0.3) is 0 Å². The average Bonchev–Trinajstić information content (AvgIpc) is 3.06. The molecule has 0 unspecified atom stereocenters. The van der Waals surface area contributed by atoms with Crippen LogP contribution in [0, 0.1) is 0 Å². The lowest BCUT2D eigenvalue weighted by molar-refractivity contribution is -0.135. The number of ether oxygens (including phenoxy) is 2. The second-order valence-corrected chi connectivity index (χ2v) is 5.72. The summed E-state index contributed by atoms with van der Waals surface area (Å²) in [6.07, 6.45) is 2.87. The third-order valence-electron chi connectivity index (χ3n) is 4.16. The number of rotatable bonds is 1. The van der Waals surface area contributed by atoms with Gasteiger partial charge in [-0.2, -0.15) is 11.3 Å². The third-order valence-corrected chi connectivity index (χ3v) is 4.84. The van der Waals surface area contributed by atoms with Gasteiger partial charge < -0.3 is 9.47 Å². The Morgan fingerprint density at radius 1 is 1.33 bits per heavy atom. The van der Waals surface area contributed by atoms with Gasteiger partial charge in [0.1, 0.15) is 6.61 Å². The molecule has 1 aromatic rings. The van der Waals surface area contributed by atoms with Crippen molar-refractivity contribution in [3.63, 3.8) is 0 Å². The Balaban J connectivity index is 1.91. The highest BCUT2D eigenvalue weighted by molar-refractivity contribution is 7.08. The molecule has 2 fully saturated rings. The van der Waals surface area contributed by atoms with Gasteiger partial charge in [-0.3, -0.25) is 0 Å². The highest BCUT2D eigenvalue weighted by atomic mass is 32.1. The quantitative estimate of drug-likeness (QED) is 0.726. The molecule has 0 saturated carbocycles. The Kier molecular flexibility index (Phi) is 2.08. The van der Waals surface area contributed by atoms with Gasteiger partial charge in [0.2, 0.25) is 0 Å². The summed E-state index contributed by atoms with van der Waals surface area (Å²) in [6, 6.07) is 2.16. The van der Waals surface area contributed by atoms with Crippen LogP contribution in [0.2, 0.25) is 0 Å². The Morgan fingerprint density at radius 2 is 2.28 bits per heavy atom. The van der Waals surface area contributed by atoms with Crippen LogP contribution >= 0.6 is 11.3 Å². The van der Waals surface area contributed by atoms with E-state index >= 15 is 0 Å². The van der Waals surface area contributed by atoms with Gasteiger partial charge in [-0.05, 0) is 34.4 Å². The highest BCUT2D eigenvalue weighted by Crippen LogP contribution is 2.48. The number of carbonyl (C=O) groups excluding carboxylic acids is 1.